The number of aliphatic hydroxyl groups is 1. The number of ketones is 1. The molecule has 1 unspecified atom stereocenters. The molecule has 0 spiro atoms. The third-order valence-electron chi connectivity index (χ3n) is 5.86. The maximum absolute atomic E-state index is 13.5. The topological polar surface area (TPSA) is 83.5 Å². The van der Waals surface area contributed by atoms with E-state index in [1.165, 1.54) is 0 Å². The lowest BCUT2D eigenvalue weighted by Crippen LogP contribution is -2.43. The van der Waals surface area contributed by atoms with Gasteiger partial charge in [-0.25, -0.2) is 0 Å². The Hall–Kier alpha value is -3.19. The van der Waals surface area contributed by atoms with Gasteiger partial charge in [-0.1, -0.05) is 0 Å². The average molecular weight is 410 g/mol. The SMILES string of the molecule is COc1cc2c(cc1OC)[C@@H]1C(=O)c3ccc4c(c3O[C@@H]1CO2)C=CC(C)(CO)O4. The average Bonchev–Trinajstić information content (AvgIpc) is 2.77. The molecule has 0 amide bonds. The number of hydrogen-bond donors (Lipinski definition) is 1. The molecule has 30 heavy (non-hydrogen) atoms. The van der Waals surface area contributed by atoms with E-state index in [1.807, 2.05) is 6.08 Å². The van der Waals surface area contributed by atoms with Crippen molar-refractivity contribution in [3.05, 3.63) is 47.0 Å². The minimum absolute atomic E-state index is 0.0373. The molecular formula is C23H22O7. The normalized spacial score (nSPS) is 25.5. The van der Waals surface area contributed by atoms with E-state index in [-0.39, 0.29) is 19.0 Å². The number of Topliss-reactive ketones (excluding diaryl/α,β-unsaturated/α-hetero) is 1. The first-order chi connectivity index (χ1) is 14.5. The lowest BCUT2D eigenvalue weighted by molar-refractivity contribution is 0.0524. The van der Waals surface area contributed by atoms with Gasteiger partial charge in [0.2, 0.25) is 0 Å². The molecule has 7 heteroatoms. The van der Waals surface area contributed by atoms with Crippen molar-refractivity contribution >= 4 is 11.9 Å². The molecule has 0 radical (unpaired) electrons. The molecule has 3 aliphatic heterocycles. The Morgan fingerprint density at radius 3 is 2.67 bits per heavy atom. The third-order valence-corrected chi connectivity index (χ3v) is 5.86. The quantitative estimate of drug-likeness (QED) is 0.833. The van der Waals surface area contributed by atoms with Gasteiger partial charge in [-0.05, 0) is 37.3 Å². The van der Waals surface area contributed by atoms with Crippen LogP contribution < -0.4 is 23.7 Å². The standard InChI is InChI=1S/C23H22O7/c1-23(11-24)7-6-12-15(30-23)5-4-13-21(25)20-14-8-17(26-2)18(27-3)9-16(14)28-10-19(20)29-22(12)13/h4-9,19-20,24H,10-11H2,1-3H3/t19-,20+,23?/m1/s1. The van der Waals surface area contributed by atoms with Gasteiger partial charge < -0.3 is 28.8 Å². The van der Waals surface area contributed by atoms with Crippen molar-refractivity contribution in [2.75, 3.05) is 27.4 Å². The van der Waals surface area contributed by atoms with Gasteiger partial charge in [0.15, 0.2) is 17.3 Å². The summed E-state index contributed by atoms with van der Waals surface area (Å²) in [4.78, 5) is 13.5. The molecule has 3 heterocycles. The molecule has 156 valence electrons. The van der Waals surface area contributed by atoms with Crippen LogP contribution in [0.2, 0.25) is 0 Å². The second kappa shape index (κ2) is 6.67. The Labute approximate surface area is 173 Å². The molecule has 3 atom stereocenters. The van der Waals surface area contributed by atoms with Crippen LogP contribution in [0.5, 0.6) is 28.7 Å². The first-order valence-corrected chi connectivity index (χ1v) is 9.73. The molecule has 0 fully saturated rings. The molecule has 0 aliphatic carbocycles. The lowest BCUT2D eigenvalue weighted by Gasteiger charge is -2.39. The van der Waals surface area contributed by atoms with Crippen LogP contribution in [0.1, 0.15) is 34.3 Å². The highest BCUT2D eigenvalue weighted by Gasteiger charge is 2.45. The highest BCUT2D eigenvalue weighted by molar-refractivity contribution is 6.06. The summed E-state index contributed by atoms with van der Waals surface area (Å²) in [6, 6.07) is 7.00. The van der Waals surface area contributed by atoms with E-state index >= 15 is 0 Å². The highest BCUT2D eigenvalue weighted by atomic mass is 16.5. The first kappa shape index (κ1) is 18.8. The Bertz CT molecular complexity index is 1070. The van der Waals surface area contributed by atoms with E-state index < -0.39 is 17.6 Å². The summed E-state index contributed by atoms with van der Waals surface area (Å²) in [6.07, 6.45) is 3.15. The fourth-order valence-corrected chi connectivity index (χ4v) is 4.22. The van der Waals surface area contributed by atoms with Crippen LogP contribution in [0.25, 0.3) is 6.08 Å². The Morgan fingerprint density at radius 1 is 1.17 bits per heavy atom. The van der Waals surface area contributed by atoms with Crippen LogP contribution in [0.3, 0.4) is 0 Å². The third kappa shape index (κ3) is 2.65. The minimum atomic E-state index is -0.801. The second-order valence-electron chi connectivity index (χ2n) is 7.81. The smallest absolute Gasteiger partial charge is 0.178 e. The molecule has 1 N–H and O–H groups in total. The molecule has 0 saturated carbocycles. The Kier molecular flexibility index (Phi) is 4.18. The van der Waals surface area contributed by atoms with Crippen LogP contribution in [0.4, 0.5) is 0 Å². The van der Waals surface area contributed by atoms with Crippen LogP contribution in [-0.2, 0) is 0 Å². The molecule has 2 aromatic carbocycles. The van der Waals surface area contributed by atoms with Gasteiger partial charge in [0.05, 0.1) is 37.9 Å². The van der Waals surface area contributed by atoms with Crippen molar-refractivity contribution in [2.45, 2.75) is 24.5 Å². The largest absolute Gasteiger partial charge is 0.493 e. The summed E-state index contributed by atoms with van der Waals surface area (Å²) < 4.78 is 28.9. The van der Waals surface area contributed by atoms with Crippen molar-refractivity contribution in [3.63, 3.8) is 0 Å². The molecule has 0 bridgehead atoms. The number of carbonyl (C=O) groups is 1. The van der Waals surface area contributed by atoms with Gasteiger partial charge in [0, 0.05) is 11.6 Å². The van der Waals surface area contributed by atoms with Crippen LogP contribution in [0.15, 0.2) is 30.3 Å². The van der Waals surface area contributed by atoms with Crippen molar-refractivity contribution < 1.29 is 33.6 Å². The number of aliphatic hydroxyl groups excluding tert-OH is 1. The fourth-order valence-electron chi connectivity index (χ4n) is 4.22. The van der Waals surface area contributed by atoms with Crippen molar-refractivity contribution in [1.29, 1.82) is 0 Å². The van der Waals surface area contributed by atoms with E-state index in [4.69, 9.17) is 23.7 Å². The summed E-state index contributed by atoms with van der Waals surface area (Å²) in [7, 11) is 3.11. The number of fused-ring (bicyclic) bond motifs is 6. The zero-order valence-corrected chi connectivity index (χ0v) is 16.9. The van der Waals surface area contributed by atoms with E-state index in [9.17, 15) is 9.90 Å². The number of carbonyl (C=O) groups excluding carboxylic acids is 1. The Balaban J connectivity index is 1.59. The van der Waals surface area contributed by atoms with Crippen molar-refractivity contribution in [3.8, 4) is 28.7 Å². The molecule has 2 aromatic rings. The fraction of sp³-hybridized carbons (Fsp3) is 0.348. The summed E-state index contributed by atoms with van der Waals surface area (Å²) in [6.45, 7) is 1.88. The number of hydrogen-bond acceptors (Lipinski definition) is 7. The molecule has 7 nitrogen and oxygen atoms in total. The van der Waals surface area contributed by atoms with Crippen molar-refractivity contribution in [1.82, 2.24) is 0 Å². The van der Waals surface area contributed by atoms with Gasteiger partial charge in [-0.2, -0.15) is 0 Å². The highest BCUT2D eigenvalue weighted by Crippen LogP contribution is 2.49. The predicted molar refractivity (Wildman–Crippen MR) is 108 cm³/mol. The number of ether oxygens (including phenoxy) is 5. The molecule has 0 saturated heterocycles. The summed E-state index contributed by atoms with van der Waals surface area (Å²) in [5.41, 5.74) is 1.11. The summed E-state index contributed by atoms with van der Waals surface area (Å²) in [5, 5.41) is 9.59. The predicted octanol–water partition coefficient (Wildman–Crippen LogP) is 2.98. The molecule has 0 aromatic heterocycles. The molecule has 3 aliphatic rings. The maximum Gasteiger partial charge on any atom is 0.178 e. The van der Waals surface area contributed by atoms with Gasteiger partial charge >= 0.3 is 0 Å². The van der Waals surface area contributed by atoms with E-state index in [0.717, 1.165) is 5.56 Å². The first-order valence-electron chi connectivity index (χ1n) is 9.73. The number of methoxy groups -OCH3 is 2. The van der Waals surface area contributed by atoms with Crippen LogP contribution >= 0.6 is 0 Å². The minimum Gasteiger partial charge on any atom is -0.493 e. The van der Waals surface area contributed by atoms with E-state index in [2.05, 4.69) is 0 Å². The summed E-state index contributed by atoms with van der Waals surface area (Å²) >= 11 is 0. The number of benzene rings is 2. The monoisotopic (exact) mass is 410 g/mol. The zero-order chi connectivity index (χ0) is 21.0. The van der Waals surface area contributed by atoms with Gasteiger partial charge in [0.1, 0.15) is 35.6 Å². The maximum atomic E-state index is 13.5. The van der Waals surface area contributed by atoms with Crippen LogP contribution in [-0.4, -0.2) is 50.0 Å². The van der Waals surface area contributed by atoms with Gasteiger partial charge in [0.25, 0.3) is 0 Å². The molecular weight excluding hydrogens is 388 g/mol. The van der Waals surface area contributed by atoms with E-state index in [0.29, 0.717) is 39.9 Å². The van der Waals surface area contributed by atoms with E-state index in [1.54, 1.807) is 51.5 Å². The van der Waals surface area contributed by atoms with Gasteiger partial charge in [-0.3, -0.25) is 4.79 Å². The van der Waals surface area contributed by atoms with Crippen LogP contribution in [0, 0.1) is 0 Å². The zero-order valence-electron chi connectivity index (χ0n) is 16.9. The Morgan fingerprint density at radius 2 is 1.93 bits per heavy atom. The lowest BCUT2D eigenvalue weighted by atomic mass is 9.81. The van der Waals surface area contributed by atoms with Gasteiger partial charge in [-0.15, -0.1) is 0 Å². The summed E-state index contributed by atoms with van der Waals surface area (Å²) in [5.74, 6) is 2.19. The number of rotatable bonds is 3. The second-order valence-corrected chi connectivity index (χ2v) is 7.81. The van der Waals surface area contributed by atoms with Crippen molar-refractivity contribution in [2.24, 2.45) is 0 Å². The molecule has 5 rings (SSSR count).